The molecule has 2 aromatic rings. The lowest BCUT2D eigenvalue weighted by Gasteiger charge is -2.12. The minimum atomic E-state index is -0.640. The van der Waals surface area contributed by atoms with Gasteiger partial charge >= 0.3 is 11.9 Å². The SMILES string of the molecule is C=CC(=O)Oc1cc(Cl)c(Sc2c(Cl)cc(OC(=O)C=C)cc2Cl)c(Cl)c1. The van der Waals surface area contributed by atoms with E-state index in [-0.39, 0.29) is 31.6 Å². The number of carbonyl (C=O) groups is 2. The molecule has 2 aromatic carbocycles. The fourth-order valence-electron chi connectivity index (χ4n) is 1.80. The molecule has 0 aromatic heterocycles. The zero-order valence-electron chi connectivity index (χ0n) is 13.4. The van der Waals surface area contributed by atoms with E-state index in [0.29, 0.717) is 9.79 Å². The van der Waals surface area contributed by atoms with Crippen LogP contribution < -0.4 is 9.47 Å². The van der Waals surface area contributed by atoms with E-state index in [0.717, 1.165) is 23.9 Å². The van der Waals surface area contributed by atoms with Crippen molar-refractivity contribution >= 4 is 70.1 Å². The van der Waals surface area contributed by atoms with Gasteiger partial charge in [0, 0.05) is 46.2 Å². The standard InChI is InChI=1S/C18H10Cl4O4S/c1-3-15(23)25-9-5-11(19)17(12(20)6-9)27-18-13(21)7-10(8-14(18)22)26-16(24)4-2/h3-8H,1-2H2. The van der Waals surface area contributed by atoms with Crippen LogP contribution in [-0.2, 0) is 9.59 Å². The lowest BCUT2D eigenvalue weighted by atomic mass is 10.3. The number of hydrogen-bond acceptors (Lipinski definition) is 5. The highest BCUT2D eigenvalue weighted by Gasteiger charge is 2.17. The van der Waals surface area contributed by atoms with Crippen LogP contribution >= 0.6 is 58.2 Å². The van der Waals surface area contributed by atoms with Gasteiger partial charge in [-0.25, -0.2) is 9.59 Å². The van der Waals surface area contributed by atoms with Crippen molar-refractivity contribution in [2.24, 2.45) is 0 Å². The van der Waals surface area contributed by atoms with Crippen LogP contribution in [0.3, 0.4) is 0 Å². The zero-order chi connectivity index (χ0) is 20.1. The van der Waals surface area contributed by atoms with Gasteiger partial charge in [-0.2, -0.15) is 0 Å². The summed E-state index contributed by atoms with van der Waals surface area (Å²) in [5, 5.41) is 0.921. The largest absolute Gasteiger partial charge is 0.423 e. The van der Waals surface area contributed by atoms with Gasteiger partial charge in [0.1, 0.15) is 11.5 Å². The molecule has 27 heavy (non-hydrogen) atoms. The minimum Gasteiger partial charge on any atom is -0.423 e. The Morgan fingerprint density at radius 1 is 0.741 bits per heavy atom. The fourth-order valence-corrected chi connectivity index (χ4v) is 4.03. The van der Waals surface area contributed by atoms with Crippen LogP contribution in [0.15, 0.2) is 59.4 Å². The third-order valence-corrected chi connectivity index (χ3v) is 5.85. The maximum Gasteiger partial charge on any atom is 0.335 e. The van der Waals surface area contributed by atoms with E-state index in [4.69, 9.17) is 55.9 Å². The van der Waals surface area contributed by atoms with Gasteiger partial charge in [-0.3, -0.25) is 0 Å². The third kappa shape index (κ3) is 5.67. The average Bonchev–Trinajstić information content (AvgIpc) is 2.59. The summed E-state index contributed by atoms with van der Waals surface area (Å²) >= 11 is 26.1. The average molecular weight is 464 g/mol. The first-order valence-corrected chi connectivity index (χ1v) is 9.42. The van der Waals surface area contributed by atoms with Crippen molar-refractivity contribution in [1.82, 2.24) is 0 Å². The van der Waals surface area contributed by atoms with E-state index in [2.05, 4.69) is 13.2 Å². The molecule has 0 unspecified atom stereocenters. The molecule has 0 fully saturated rings. The van der Waals surface area contributed by atoms with Gasteiger partial charge in [0.2, 0.25) is 0 Å². The highest BCUT2D eigenvalue weighted by atomic mass is 35.5. The molecule has 140 valence electrons. The van der Waals surface area contributed by atoms with Crippen molar-refractivity contribution in [3.05, 3.63) is 69.7 Å². The molecule has 0 saturated heterocycles. The summed E-state index contributed by atoms with van der Waals surface area (Å²) in [6, 6.07) is 5.72. The first-order chi connectivity index (χ1) is 12.7. The van der Waals surface area contributed by atoms with Gasteiger partial charge < -0.3 is 9.47 Å². The van der Waals surface area contributed by atoms with E-state index in [1.54, 1.807) is 0 Å². The van der Waals surface area contributed by atoms with Crippen LogP contribution in [0.25, 0.3) is 0 Å². The third-order valence-electron chi connectivity index (χ3n) is 2.92. The van der Waals surface area contributed by atoms with Crippen molar-refractivity contribution in [1.29, 1.82) is 0 Å². The van der Waals surface area contributed by atoms with Gasteiger partial charge in [-0.1, -0.05) is 71.3 Å². The van der Waals surface area contributed by atoms with Crippen LogP contribution in [0.1, 0.15) is 0 Å². The number of ether oxygens (including phenoxy) is 2. The van der Waals surface area contributed by atoms with Gasteiger partial charge in [-0.15, -0.1) is 0 Å². The Labute approximate surface area is 179 Å². The summed E-state index contributed by atoms with van der Waals surface area (Å²) in [7, 11) is 0. The maximum absolute atomic E-state index is 11.3. The second kappa shape index (κ2) is 9.53. The van der Waals surface area contributed by atoms with Crippen molar-refractivity contribution in [2.75, 3.05) is 0 Å². The molecule has 0 saturated carbocycles. The Hall–Kier alpha value is -1.63. The number of esters is 2. The monoisotopic (exact) mass is 462 g/mol. The molecule has 0 aliphatic heterocycles. The Morgan fingerprint density at radius 2 is 1.04 bits per heavy atom. The second-order valence-corrected chi connectivity index (χ2v) is 7.43. The lowest BCUT2D eigenvalue weighted by molar-refractivity contribution is -0.129. The summed E-state index contributed by atoms with van der Waals surface area (Å²) in [5.41, 5.74) is 0. The molecule has 0 spiro atoms. The summed E-state index contributed by atoms with van der Waals surface area (Å²) in [5.74, 6) is -0.942. The Morgan fingerprint density at radius 3 is 1.30 bits per heavy atom. The smallest absolute Gasteiger partial charge is 0.335 e. The molecule has 0 atom stereocenters. The molecule has 4 nitrogen and oxygen atoms in total. The Balaban J connectivity index is 2.34. The van der Waals surface area contributed by atoms with Crippen molar-refractivity contribution in [3.8, 4) is 11.5 Å². The first-order valence-electron chi connectivity index (χ1n) is 7.09. The number of hydrogen-bond donors (Lipinski definition) is 0. The predicted molar refractivity (Wildman–Crippen MR) is 109 cm³/mol. The van der Waals surface area contributed by atoms with Gasteiger partial charge in [0.05, 0.1) is 20.1 Å². The van der Waals surface area contributed by atoms with Crippen LogP contribution in [0.5, 0.6) is 11.5 Å². The minimum absolute atomic E-state index is 0.170. The summed E-state index contributed by atoms with van der Waals surface area (Å²) in [4.78, 5) is 23.5. The van der Waals surface area contributed by atoms with Crippen LogP contribution in [-0.4, -0.2) is 11.9 Å². The van der Waals surface area contributed by atoms with Crippen molar-refractivity contribution < 1.29 is 19.1 Å². The van der Waals surface area contributed by atoms with E-state index >= 15 is 0 Å². The molecule has 2 rings (SSSR count). The van der Waals surface area contributed by atoms with Gasteiger partial charge in [-0.05, 0) is 0 Å². The molecule has 0 aliphatic rings. The molecular formula is C18H10Cl4O4S. The molecule has 0 amide bonds. The Kier molecular flexibility index (Phi) is 7.65. The molecule has 9 heteroatoms. The van der Waals surface area contributed by atoms with E-state index in [1.165, 1.54) is 24.3 Å². The highest BCUT2D eigenvalue weighted by Crippen LogP contribution is 2.46. The quantitative estimate of drug-likeness (QED) is 0.273. The molecule has 0 N–H and O–H groups in total. The van der Waals surface area contributed by atoms with Gasteiger partial charge in [0.25, 0.3) is 0 Å². The number of benzene rings is 2. The molecule has 0 heterocycles. The highest BCUT2D eigenvalue weighted by molar-refractivity contribution is 7.99. The zero-order valence-corrected chi connectivity index (χ0v) is 17.3. The molecule has 0 radical (unpaired) electrons. The number of halogens is 4. The lowest BCUT2D eigenvalue weighted by Crippen LogP contribution is -2.03. The fraction of sp³-hybridized carbons (Fsp3) is 0. The van der Waals surface area contributed by atoms with Crippen LogP contribution in [0.2, 0.25) is 20.1 Å². The maximum atomic E-state index is 11.3. The van der Waals surface area contributed by atoms with Crippen molar-refractivity contribution in [2.45, 2.75) is 9.79 Å². The van der Waals surface area contributed by atoms with Crippen LogP contribution in [0, 0.1) is 0 Å². The summed E-state index contributed by atoms with van der Waals surface area (Å²) in [6.07, 6.45) is 2.04. The summed E-state index contributed by atoms with van der Waals surface area (Å²) in [6.45, 7) is 6.63. The molecule has 0 bridgehead atoms. The van der Waals surface area contributed by atoms with Crippen LogP contribution in [0.4, 0.5) is 0 Å². The van der Waals surface area contributed by atoms with E-state index in [9.17, 15) is 9.59 Å². The first kappa shape index (κ1) is 21.7. The number of carbonyl (C=O) groups excluding carboxylic acids is 2. The predicted octanol–water partition coefficient (Wildman–Crippen LogP) is 6.63. The normalized spacial score (nSPS) is 10.2. The second-order valence-electron chi connectivity index (χ2n) is 4.78. The molecular weight excluding hydrogens is 454 g/mol. The molecule has 0 aliphatic carbocycles. The summed E-state index contributed by atoms with van der Waals surface area (Å²) < 4.78 is 9.99. The Bertz CT molecular complexity index is 821. The topological polar surface area (TPSA) is 52.6 Å². The number of rotatable bonds is 6. The van der Waals surface area contributed by atoms with Crippen molar-refractivity contribution in [3.63, 3.8) is 0 Å². The van der Waals surface area contributed by atoms with E-state index in [1.807, 2.05) is 0 Å². The van der Waals surface area contributed by atoms with Gasteiger partial charge in [0.15, 0.2) is 0 Å². The van der Waals surface area contributed by atoms with E-state index < -0.39 is 11.9 Å².